The Morgan fingerprint density at radius 2 is 1.13 bits per heavy atom. The van der Waals surface area contributed by atoms with E-state index in [0.29, 0.717) is 114 Å². The number of anilines is 1. The van der Waals surface area contributed by atoms with Crippen LogP contribution in [-0.2, 0) is 28.4 Å². The number of furan rings is 5. The Hall–Kier alpha value is -10.3. The Morgan fingerprint density at radius 3 is 1.47 bits per heavy atom. The van der Waals surface area contributed by atoms with E-state index in [-0.39, 0.29) is 39.9 Å². The van der Waals surface area contributed by atoms with Crippen molar-refractivity contribution in [2.45, 2.75) is 110 Å². The summed E-state index contributed by atoms with van der Waals surface area (Å²) in [6.45, 7) is 9.11. The molecule has 0 atom stereocenters. The lowest BCUT2D eigenvalue weighted by atomic mass is 10.2. The minimum absolute atomic E-state index is 0.00810. The summed E-state index contributed by atoms with van der Waals surface area (Å²) in [5, 5.41) is 39.1. The number of methoxy groups -OCH3 is 2. The Labute approximate surface area is 618 Å². The molecule has 4 aliphatic rings. The number of aldehydes is 1. The summed E-state index contributed by atoms with van der Waals surface area (Å²) in [7, 11) is 2.47. The SMILES string of the molecule is COC(=O)/C(C#N)=C\c1ccc(C)o1.COC(=O)CC#N.Cc1ccc(-c2nc(C3CC3)[nH]c(=O)c2C#N)o1.Cc1ccc(-c2nc(C3CC3)nc(Cl)c2C#N)o1.Cc1ccc(-c2nc(C3CC3)nc3sc(C(N)=O)c(N)c23)o1.Cc1ccc(C=O)o1.N=C(N)C1CC1.NC(=O)CS.O=P(Cl)(Cl)Cl. The highest BCUT2D eigenvalue weighted by molar-refractivity contribution is 8.24. The normalized spacial score (nSPS) is 13.0. The highest BCUT2D eigenvalue weighted by atomic mass is 36.0. The molecule has 0 unspecified atom stereocenters. The van der Waals surface area contributed by atoms with E-state index in [1.807, 2.05) is 51.1 Å². The first-order chi connectivity index (χ1) is 48.8. The number of fused-ring (bicyclic) bond motifs is 1. The number of carbonyl (C=O) groups excluding carboxylic acids is 5. The van der Waals surface area contributed by atoms with Crippen molar-refractivity contribution in [1.82, 2.24) is 29.9 Å². The summed E-state index contributed by atoms with van der Waals surface area (Å²) in [6.07, 6.45) is 10.6. The van der Waals surface area contributed by atoms with Crippen molar-refractivity contribution in [2.24, 2.45) is 23.1 Å². The van der Waals surface area contributed by atoms with Crippen LogP contribution in [0.4, 0.5) is 5.69 Å². The maximum Gasteiger partial charge on any atom is 0.348 e. The predicted molar refractivity (Wildman–Crippen MR) is 388 cm³/mol. The lowest BCUT2D eigenvalue weighted by molar-refractivity contribution is -0.139. The number of carbonyl (C=O) groups is 5. The van der Waals surface area contributed by atoms with E-state index in [1.165, 1.54) is 31.6 Å². The maximum absolute atomic E-state index is 11.8. The Bertz CT molecular complexity index is 4830. The average Bonchev–Trinajstić information content (AvgIpc) is 1.62. The number of amides is 2. The van der Waals surface area contributed by atoms with E-state index >= 15 is 0 Å². The number of thiol groups is 1. The van der Waals surface area contributed by atoms with Crippen molar-refractivity contribution < 1.29 is 60.1 Å². The number of aromatic nitrogens is 6. The Balaban J connectivity index is 0.000000219. The third-order valence-electron chi connectivity index (χ3n) is 13.7. The molecule has 0 aromatic carbocycles. The van der Waals surface area contributed by atoms with Crippen molar-refractivity contribution in [3.8, 4) is 58.6 Å². The van der Waals surface area contributed by atoms with Gasteiger partial charge in [-0.2, -0.15) is 33.7 Å². The molecule has 29 nitrogen and oxygen atoms in total. The summed E-state index contributed by atoms with van der Waals surface area (Å²) in [4.78, 5) is 89.7. The van der Waals surface area contributed by atoms with Gasteiger partial charge in [0.15, 0.2) is 34.5 Å². The Morgan fingerprint density at radius 1 is 0.680 bits per heavy atom. The number of esters is 2. The molecule has 540 valence electrons. The molecule has 0 bridgehead atoms. The summed E-state index contributed by atoms with van der Waals surface area (Å²) in [6, 6.07) is 25.0. The lowest BCUT2D eigenvalue weighted by Gasteiger charge is -2.05. The number of ether oxygens (including phenoxy) is 2. The first-order valence-corrected chi connectivity index (χ1v) is 36.8. The molecule has 103 heavy (non-hydrogen) atoms. The number of hydrogen-bond donors (Lipinski definition) is 7. The van der Waals surface area contributed by atoms with Gasteiger partial charge in [0, 0.05) is 29.7 Å². The summed E-state index contributed by atoms with van der Waals surface area (Å²) >= 11 is 24.7. The zero-order valence-electron chi connectivity index (χ0n) is 56.2. The number of aryl methyl sites for hydroxylation is 5. The fourth-order valence-corrected chi connectivity index (χ4v) is 9.32. The molecule has 10 N–H and O–H groups in total. The van der Waals surface area contributed by atoms with Crippen LogP contribution in [0.3, 0.4) is 0 Å². The number of nitrogens with zero attached hydrogens (tertiary/aromatic N) is 9. The van der Waals surface area contributed by atoms with Crippen molar-refractivity contribution in [2.75, 3.05) is 25.7 Å². The van der Waals surface area contributed by atoms with E-state index < -0.39 is 28.6 Å². The first-order valence-electron chi connectivity index (χ1n) is 30.6. The maximum atomic E-state index is 11.8. The number of aromatic amines is 1. The fraction of sp³-hybridized carbons (Fsp3) is 0.313. The average molecular weight is 1540 g/mol. The number of nitrogens with two attached hydrogens (primary N) is 4. The standard InChI is InChI=1S/C15H14N4O2S.C13H10ClN3O.C13H11N3O2.C10H9NO3.C6H6O2.C4H8N2.C4H5NO2.C2H5NOS.Cl3OP/c1-6-2-5-8(21-6)11-9-10(16)12(13(17)20)22-15(9)19-14(18-11)7-3-4-7;1-7-2-5-10(18-7)11-9(6-15)12(14)17-13(16-11)8-3-4-8;1-7-2-5-10(18-7)11-9(6-14)13(17)16-12(15-11)8-3-4-8;1-7-3-4-9(14-7)5-8(6-11)10(12)13-2;1-5-2-3-6(4-7)8-5;5-4(6)3-1-2-3;1-7-4(6)2-3-5;3-2(4)1-5;1-5(2,3)4/h2,5,7H,3-4,16H2,1H3,(H2,17,20);2,5,8H,3-4H2,1H3;2,5,8H,3-4H2,1H3,(H,15,16,17);3-5H,1-2H3;2-4H,1H3;3H,1-2H2,(H3,5,6);2H2,1H3;5H,1H2,(H2,3,4);/b;;;8-5-;;;;;. The molecule has 9 aromatic rings. The molecule has 4 fully saturated rings. The van der Waals surface area contributed by atoms with E-state index in [9.17, 15) is 33.3 Å². The van der Waals surface area contributed by atoms with E-state index in [4.69, 9.17) is 77.3 Å². The van der Waals surface area contributed by atoms with Crippen molar-refractivity contribution in [1.29, 1.82) is 26.5 Å². The monoisotopic (exact) mass is 1540 g/mol. The number of nitrogens with one attached hydrogen (secondary N) is 2. The van der Waals surface area contributed by atoms with E-state index in [0.717, 1.165) is 86.0 Å². The first kappa shape index (κ1) is 83.3. The molecular weight excluding hydrogens is 1480 g/mol. The summed E-state index contributed by atoms with van der Waals surface area (Å²) in [5.41, 5.74) is 22.8. The van der Waals surface area contributed by atoms with Crippen LogP contribution < -0.4 is 28.5 Å². The second-order valence-corrected chi connectivity index (χ2v) is 30.5. The largest absolute Gasteiger partial charge is 0.468 e. The van der Waals surface area contributed by atoms with Crippen LogP contribution >= 0.6 is 74.5 Å². The fourth-order valence-electron chi connectivity index (χ4n) is 8.15. The van der Waals surface area contributed by atoms with Crippen LogP contribution in [-0.4, -0.2) is 85.8 Å². The number of primary amides is 2. The van der Waals surface area contributed by atoms with Crippen LogP contribution in [0, 0.1) is 91.3 Å². The molecule has 4 aliphatic carbocycles. The summed E-state index contributed by atoms with van der Waals surface area (Å²) in [5.74, 6) is 8.44. The van der Waals surface area contributed by atoms with Gasteiger partial charge in [0.25, 0.3) is 11.5 Å². The third kappa shape index (κ3) is 27.5. The molecule has 9 heterocycles. The topological polar surface area (TPSA) is 507 Å². The van der Waals surface area contributed by atoms with Crippen molar-refractivity contribution in [3.63, 3.8) is 0 Å². The van der Waals surface area contributed by atoms with Gasteiger partial charge in [0.05, 0.1) is 43.0 Å². The highest BCUT2D eigenvalue weighted by Gasteiger charge is 2.32. The van der Waals surface area contributed by atoms with Gasteiger partial charge in [0.1, 0.15) is 120 Å². The molecule has 0 aliphatic heterocycles. The minimum atomic E-state index is -3.22. The van der Waals surface area contributed by atoms with E-state index in [2.05, 4.69) is 91.5 Å². The van der Waals surface area contributed by atoms with Gasteiger partial charge in [-0.05, 0) is 180 Å². The van der Waals surface area contributed by atoms with Gasteiger partial charge in [-0.1, -0.05) is 11.6 Å². The number of halogens is 4. The third-order valence-corrected chi connectivity index (χ3v) is 15.4. The lowest BCUT2D eigenvalue weighted by Crippen LogP contribution is -2.16. The second kappa shape index (κ2) is 39.8. The second-order valence-electron chi connectivity index (χ2n) is 22.2. The van der Waals surface area contributed by atoms with Crippen LogP contribution in [0.1, 0.15) is 159 Å². The summed E-state index contributed by atoms with van der Waals surface area (Å²) < 4.78 is 44.8. The van der Waals surface area contributed by atoms with E-state index in [1.54, 1.807) is 68.5 Å². The predicted octanol–water partition coefficient (Wildman–Crippen LogP) is 14.0. The van der Waals surface area contributed by atoms with Gasteiger partial charge in [0.2, 0.25) is 5.91 Å². The molecule has 4 saturated carbocycles. The highest BCUT2D eigenvalue weighted by Crippen LogP contribution is 2.61. The van der Waals surface area contributed by atoms with Crippen LogP contribution in [0.15, 0.2) is 93.1 Å². The van der Waals surface area contributed by atoms with Gasteiger partial charge in [-0.15, -0.1) is 11.3 Å². The van der Waals surface area contributed by atoms with Crippen LogP contribution in [0.25, 0.3) is 50.7 Å². The quantitative estimate of drug-likeness (QED) is 0.00649. The van der Waals surface area contributed by atoms with Gasteiger partial charge in [-0.25, -0.2) is 29.7 Å². The number of amidine groups is 1. The molecular formula is C67H68Cl4N15O14PS2. The molecule has 0 radical (unpaired) electrons. The van der Waals surface area contributed by atoms with Gasteiger partial charge < -0.3 is 59.5 Å². The van der Waals surface area contributed by atoms with Crippen LogP contribution in [0.5, 0.6) is 0 Å². The van der Waals surface area contributed by atoms with Gasteiger partial charge in [-0.3, -0.25) is 33.9 Å². The number of thiophene rings is 1. The van der Waals surface area contributed by atoms with Crippen molar-refractivity contribution >= 4 is 132 Å². The number of nitrogen functional groups attached to an aromatic ring is 1. The van der Waals surface area contributed by atoms with Crippen LogP contribution in [0.2, 0.25) is 5.15 Å². The molecule has 13 rings (SSSR count). The number of hydrogen-bond acceptors (Lipinski definition) is 27. The zero-order chi connectivity index (χ0) is 76.4. The molecule has 2 amide bonds. The molecule has 0 saturated heterocycles. The number of H-pyrrole nitrogens is 1. The smallest absolute Gasteiger partial charge is 0.348 e. The number of rotatable bonds is 13. The molecule has 36 heteroatoms. The molecule has 0 spiro atoms. The minimum Gasteiger partial charge on any atom is -0.468 e. The molecule has 9 aromatic heterocycles. The van der Waals surface area contributed by atoms with Crippen molar-refractivity contribution in [3.05, 3.63) is 156 Å². The van der Waals surface area contributed by atoms with Gasteiger partial charge >= 0.3 is 17.1 Å². The number of nitriles is 4. The Kier molecular flexibility index (Phi) is 32.2. The zero-order valence-corrected chi connectivity index (χ0v) is 61.8.